The van der Waals surface area contributed by atoms with Gasteiger partial charge in [0.15, 0.2) is 0 Å². The number of carbonyl (C=O) groups excluding carboxylic acids is 1. The molecule has 0 bridgehead atoms. The van der Waals surface area contributed by atoms with Crippen molar-refractivity contribution in [3.05, 3.63) is 48.4 Å². The molecule has 0 unspecified atom stereocenters. The summed E-state index contributed by atoms with van der Waals surface area (Å²) in [5.41, 5.74) is 0.184. The monoisotopic (exact) mass is 270 g/mol. The molecule has 1 heterocycles. The smallest absolute Gasteiger partial charge is 0.297 e. The predicted octanol–water partition coefficient (Wildman–Crippen LogP) is 2.00. The highest BCUT2D eigenvalue weighted by Gasteiger charge is 2.08. The average Bonchev–Trinajstić information content (AvgIpc) is 2.46. The molecule has 0 spiro atoms. The van der Waals surface area contributed by atoms with Gasteiger partial charge in [-0.3, -0.25) is 4.79 Å². The van der Waals surface area contributed by atoms with Crippen LogP contribution in [0.25, 0.3) is 0 Å². The zero-order valence-electron chi connectivity index (χ0n) is 11.2. The fourth-order valence-electron chi connectivity index (χ4n) is 1.36. The number of ether oxygens (including phenoxy) is 1. The van der Waals surface area contributed by atoms with Gasteiger partial charge in [0, 0.05) is 20.2 Å². The van der Waals surface area contributed by atoms with Gasteiger partial charge in [0.2, 0.25) is 5.88 Å². The van der Waals surface area contributed by atoms with Crippen molar-refractivity contribution >= 4 is 12.2 Å². The molecular formula is C14H14N4O2. The van der Waals surface area contributed by atoms with E-state index in [9.17, 15) is 4.79 Å². The van der Waals surface area contributed by atoms with Crippen LogP contribution in [0.4, 0.5) is 0 Å². The van der Waals surface area contributed by atoms with Gasteiger partial charge in [-0.1, -0.05) is 18.2 Å². The van der Waals surface area contributed by atoms with Gasteiger partial charge in [-0.15, -0.1) is 0 Å². The summed E-state index contributed by atoms with van der Waals surface area (Å²) in [5.74, 6) is 0.495. The Morgan fingerprint density at radius 3 is 2.70 bits per heavy atom. The van der Waals surface area contributed by atoms with E-state index in [1.165, 1.54) is 18.7 Å². The quantitative estimate of drug-likeness (QED) is 0.628. The highest BCUT2D eigenvalue weighted by molar-refractivity contribution is 5.97. The number of carbonyl (C=O) groups is 1. The van der Waals surface area contributed by atoms with Gasteiger partial charge in [-0.05, 0) is 12.1 Å². The number of benzene rings is 1. The van der Waals surface area contributed by atoms with Crippen LogP contribution >= 0.6 is 0 Å². The van der Waals surface area contributed by atoms with Gasteiger partial charge in [0.25, 0.3) is 5.91 Å². The number of amides is 1. The summed E-state index contributed by atoms with van der Waals surface area (Å²) in [6, 6.07) is 10.6. The van der Waals surface area contributed by atoms with Crippen LogP contribution in [0.15, 0.2) is 47.7 Å². The third-order valence-electron chi connectivity index (χ3n) is 2.23. The molecule has 1 aromatic heterocycles. The number of nitrogens with zero attached hydrogens (tertiary/aromatic N) is 4. The Morgan fingerprint density at radius 2 is 2.00 bits per heavy atom. The number of hydrogen-bond donors (Lipinski definition) is 0. The van der Waals surface area contributed by atoms with Crippen LogP contribution in [0.2, 0.25) is 0 Å². The van der Waals surface area contributed by atoms with Crippen molar-refractivity contribution in [1.82, 2.24) is 14.9 Å². The summed E-state index contributed by atoms with van der Waals surface area (Å²) in [6.07, 6.45) is 2.69. The molecule has 0 saturated carbocycles. The van der Waals surface area contributed by atoms with Gasteiger partial charge in [0.1, 0.15) is 17.8 Å². The first-order chi connectivity index (χ1) is 9.65. The molecule has 20 heavy (non-hydrogen) atoms. The number of hydrogen-bond acceptors (Lipinski definition) is 4. The van der Waals surface area contributed by atoms with E-state index in [2.05, 4.69) is 15.0 Å². The van der Waals surface area contributed by atoms with Crippen LogP contribution in [0, 0.1) is 0 Å². The van der Waals surface area contributed by atoms with Gasteiger partial charge in [-0.2, -0.15) is 4.99 Å². The highest BCUT2D eigenvalue weighted by atomic mass is 16.5. The van der Waals surface area contributed by atoms with E-state index >= 15 is 0 Å². The first-order valence-electron chi connectivity index (χ1n) is 5.95. The minimum absolute atomic E-state index is 0.184. The average molecular weight is 270 g/mol. The summed E-state index contributed by atoms with van der Waals surface area (Å²) >= 11 is 0. The lowest BCUT2D eigenvalue weighted by Crippen LogP contribution is -2.10. The van der Waals surface area contributed by atoms with Gasteiger partial charge < -0.3 is 9.64 Å². The lowest BCUT2D eigenvalue weighted by Gasteiger charge is -2.05. The van der Waals surface area contributed by atoms with Crippen molar-refractivity contribution in [3.8, 4) is 11.6 Å². The molecule has 0 fully saturated rings. The second-order valence-electron chi connectivity index (χ2n) is 4.17. The normalized spacial score (nSPS) is 10.5. The fourth-order valence-corrected chi connectivity index (χ4v) is 1.36. The van der Waals surface area contributed by atoms with E-state index in [0.29, 0.717) is 11.6 Å². The summed E-state index contributed by atoms with van der Waals surface area (Å²) in [4.78, 5) is 25.1. The van der Waals surface area contributed by atoms with Crippen LogP contribution < -0.4 is 4.74 Å². The zero-order valence-corrected chi connectivity index (χ0v) is 11.2. The molecule has 2 aromatic rings. The molecule has 102 valence electrons. The fraction of sp³-hybridized carbons (Fsp3) is 0.143. The molecule has 0 aliphatic carbocycles. The second-order valence-corrected chi connectivity index (χ2v) is 4.17. The molecule has 0 saturated heterocycles. The van der Waals surface area contributed by atoms with Gasteiger partial charge in [0.05, 0.1) is 6.34 Å². The number of aliphatic imine (C=N–C) groups is 1. The van der Waals surface area contributed by atoms with Crippen LogP contribution in [0.3, 0.4) is 0 Å². The van der Waals surface area contributed by atoms with Crippen molar-refractivity contribution < 1.29 is 9.53 Å². The van der Waals surface area contributed by atoms with Gasteiger partial charge >= 0.3 is 0 Å². The molecule has 0 radical (unpaired) electrons. The molecule has 1 amide bonds. The Balaban J connectivity index is 2.14. The van der Waals surface area contributed by atoms with E-state index < -0.39 is 5.91 Å². The molecule has 0 atom stereocenters. The Kier molecular flexibility index (Phi) is 4.39. The Labute approximate surface area is 116 Å². The molecule has 6 heteroatoms. The van der Waals surface area contributed by atoms with Crippen LogP contribution in [0.5, 0.6) is 11.6 Å². The number of rotatable bonds is 4. The maximum Gasteiger partial charge on any atom is 0.297 e. The number of aromatic nitrogens is 2. The molecule has 0 aliphatic heterocycles. The van der Waals surface area contributed by atoms with Crippen LogP contribution in [-0.2, 0) is 0 Å². The third-order valence-corrected chi connectivity index (χ3v) is 2.23. The number of para-hydroxylation sites is 1. The summed E-state index contributed by atoms with van der Waals surface area (Å²) in [6.45, 7) is 0. The lowest BCUT2D eigenvalue weighted by molar-refractivity contribution is 0.0997. The van der Waals surface area contributed by atoms with E-state index in [1.54, 1.807) is 31.1 Å². The second kappa shape index (κ2) is 6.42. The molecule has 6 nitrogen and oxygen atoms in total. The zero-order chi connectivity index (χ0) is 14.4. The Bertz CT molecular complexity index is 612. The van der Waals surface area contributed by atoms with Gasteiger partial charge in [-0.25, -0.2) is 9.97 Å². The minimum Gasteiger partial charge on any atom is -0.439 e. The topological polar surface area (TPSA) is 67.7 Å². The highest BCUT2D eigenvalue weighted by Crippen LogP contribution is 2.18. The standard InChI is InChI=1S/C14H14N4O2/c1-18(2)10-17-14(19)12-8-13(16-9-15-12)20-11-6-4-3-5-7-11/h3-10H,1-2H3/b17-10+. The third kappa shape index (κ3) is 3.88. The van der Waals surface area contributed by atoms with E-state index in [1.807, 2.05) is 18.2 Å². The van der Waals surface area contributed by atoms with Crippen LogP contribution in [0.1, 0.15) is 10.5 Å². The molecule has 0 N–H and O–H groups in total. The van der Waals surface area contributed by atoms with E-state index in [0.717, 1.165) is 0 Å². The van der Waals surface area contributed by atoms with Crippen molar-refractivity contribution in [2.75, 3.05) is 14.1 Å². The Morgan fingerprint density at radius 1 is 1.25 bits per heavy atom. The molecule has 0 aliphatic rings. The summed E-state index contributed by atoms with van der Waals surface area (Å²) < 4.78 is 5.53. The SMILES string of the molecule is CN(C)/C=N/C(=O)c1cc(Oc2ccccc2)ncn1. The van der Waals surface area contributed by atoms with Crippen molar-refractivity contribution in [2.24, 2.45) is 4.99 Å². The lowest BCUT2D eigenvalue weighted by atomic mass is 10.3. The maximum atomic E-state index is 11.8. The molecular weight excluding hydrogens is 256 g/mol. The largest absolute Gasteiger partial charge is 0.439 e. The predicted molar refractivity (Wildman–Crippen MR) is 75.1 cm³/mol. The first kappa shape index (κ1) is 13.7. The first-order valence-corrected chi connectivity index (χ1v) is 5.95. The summed E-state index contributed by atoms with van der Waals surface area (Å²) in [5, 5.41) is 0. The van der Waals surface area contributed by atoms with E-state index in [-0.39, 0.29) is 5.69 Å². The van der Waals surface area contributed by atoms with E-state index in [4.69, 9.17) is 4.74 Å². The summed E-state index contributed by atoms with van der Waals surface area (Å²) in [7, 11) is 3.56. The maximum absolute atomic E-state index is 11.8. The molecule has 2 rings (SSSR count). The Hall–Kier alpha value is -2.76. The minimum atomic E-state index is -0.445. The van der Waals surface area contributed by atoms with Crippen molar-refractivity contribution in [1.29, 1.82) is 0 Å². The van der Waals surface area contributed by atoms with Crippen molar-refractivity contribution in [2.45, 2.75) is 0 Å². The molecule has 1 aromatic carbocycles. The van der Waals surface area contributed by atoms with Crippen molar-refractivity contribution in [3.63, 3.8) is 0 Å². The van der Waals surface area contributed by atoms with Crippen LogP contribution in [-0.4, -0.2) is 41.2 Å².